The maximum Gasteiger partial charge on any atom is 0.126 e. The van der Waals surface area contributed by atoms with E-state index in [0.29, 0.717) is 12.1 Å². The van der Waals surface area contributed by atoms with Crippen LogP contribution in [-0.4, -0.2) is 19.6 Å². The Morgan fingerprint density at radius 1 is 1.07 bits per heavy atom. The SMILES string of the molecule is Cl.Fc1cc(F)cc([C@@H]2CNCCN2)c1. The van der Waals surface area contributed by atoms with Gasteiger partial charge in [-0.2, -0.15) is 0 Å². The van der Waals surface area contributed by atoms with Crippen molar-refractivity contribution in [3.8, 4) is 0 Å². The summed E-state index contributed by atoms with van der Waals surface area (Å²) in [6, 6.07) is 3.63. The fourth-order valence-electron chi connectivity index (χ4n) is 1.67. The first-order valence-electron chi connectivity index (χ1n) is 4.66. The minimum absolute atomic E-state index is 0. The molecule has 0 aliphatic carbocycles. The number of rotatable bonds is 1. The first kappa shape index (κ1) is 12.4. The summed E-state index contributed by atoms with van der Waals surface area (Å²) in [5.41, 5.74) is 0.662. The van der Waals surface area contributed by atoms with Gasteiger partial charge in [-0.1, -0.05) is 0 Å². The van der Waals surface area contributed by atoms with Crippen LogP contribution in [0, 0.1) is 11.6 Å². The molecule has 2 rings (SSSR count). The first-order chi connectivity index (χ1) is 6.75. The summed E-state index contributed by atoms with van der Waals surface area (Å²) in [5, 5.41) is 6.36. The second-order valence-corrected chi connectivity index (χ2v) is 3.41. The van der Waals surface area contributed by atoms with Crippen LogP contribution in [0.2, 0.25) is 0 Å². The van der Waals surface area contributed by atoms with Gasteiger partial charge in [-0.15, -0.1) is 12.4 Å². The fraction of sp³-hybridized carbons (Fsp3) is 0.400. The highest BCUT2D eigenvalue weighted by Crippen LogP contribution is 2.16. The van der Waals surface area contributed by atoms with Crippen molar-refractivity contribution in [1.29, 1.82) is 0 Å². The third kappa shape index (κ3) is 3.12. The van der Waals surface area contributed by atoms with Gasteiger partial charge in [0.15, 0.2) is 0 Å². The van der Waals surface area contributed by atoms with Crippen LogP contribution in [0.3, 0.4) is 0 Å². The lowest BCUT2D eigenvalue weighted by molar-refractivity contribution is 0.426. The van der Waals surface area contributed by atoms with E-state index in [1.54, 1.807) is 0 Å². The smallest absolute Gasteiger partial charge is 0.126 e. The third-order valence-corrected chi connectivity index (χ3v) is 2.33. The van der Waals surface area contributed by atoms with Crippen molar-refractivity contribution < 1.29 is 8.78 Å². The van der Waals surface area contributed by atoms with Gasteiger partial charge in [0.2, 0.25) is 0 Å². The molecule has 1 aromatic rings. The molecule has 1 fully saturated rings. The van der Waals surface area contributed by atoms with Crippen LogP contribution in [0.4, 0.5) is 8.78 Å². The zero-order valence-corrected chi connectivity index (χ0v) is 8.91. The Morgan fingerprint density at radius 3 is 2.27 bits per heavy atom. The number of benzene rings is 1. The molecule has 84 valence electrons. The van der Waals surface area contributed by atoms with Crippen LogP contribution in [0.25, 0.3) is 0 Å². The second kappa shape index (κ2) is 5.39. The molecule has 1 aromatic carbocycles. The van der Waals surface area contributed by atoms with E-state index in [0.717, 1.165) is 19.2 Å². The molecule has 0 spiro atoms. The summed E-state index contributed by atoms with van der Waals surface area (Å²) in [6.07, 6.45) is 0. The average molecular weight is 235 g/mol. The van der Waals surface area contributed by atoms with Crippen LogP contribution < -0.4 is 10.6 Å². The van der Waals surface area contributed by atoms with E-state index in [9.17, 15) is 8.78 Å². The molecule has 15 heavy (non-hydrogen) atoms. The van der Waals surface area contributed by atoms with Gasteiger partial charge in [-0.25, -0.2) is 8.78 Å². The number of hydrogen-bond donors (Lipinski definition) is 2. The second-order valence-electron chi connectivity index (χ2n) is 3.41. The Labute approximate surface area is 93.5 Å². The summed E-state index contributed by atoms with van der Waals surface area (Å²) >= 11 is 0. The van der Waals surface area contributed by atoms with Crippen LogP contribution in [0.5, 0.6) is 0 Å². The summed E-state index contributed by atoms with van der Waals surface area (Å²) in [4.78, 5) is 0. The molecule has 0 radical (unpaired) electrons. The molecule has 0 bridgehead atoms. The highest BCUT2D eigenvalue weighted by atomic mass is 35.5. The maximum absolute atomic E-state index is 12.9. The van der Waals surface area contributed by atoms with Crippen molar-refractivity contribution in [2.75, 3.05) is 19.6 Å². The minimum atomic E-state index is -0.521. The zero-order valence-electron chi connectivity index (χ0n) is 8.09. The summed E-state index contributed by atoms with van der Waals surface area (Å²) in [6.45, 7) is 2.43. The van der Waals surface area contributed by atoms with E-state index in [1.807, 2.05) is 0 Å². The van der Waals surface area contributed by atoms with Gasteiger partial charge in [0, 0.05) is 31.7 Å². The number of nitrogens with one attached hydrogen (secondary N) is 2. The van der Waals surface area contributed by atoms with Crippen molar-refractivity contribution >= 4 is 12.4 Å². The van der Waals surface area contributed by atoms with Crippen LogP contribution in [0.1, 0.15) is 11.6 Å². The molecule has 1 aliphatic heterocycles. The van der Waals surface area contributed by atoms with Gasteiger partial charge >= 0.3 is 0 Å². The molecular weight excluding hydrogens is 222 g/mol. The minimum Gasteiger partial charge on any atom is -0.314 e. The van der Waals surface area contributed by atoms with E-state index < -0.39 is 11.6 Å². The van der Waals surface area contributed by atoms with Gasteiger partial charge in [0.25, 0.3) is 0 Å². The topological polar surface area (TPSA) is 24.1 Å². The molecule has 0 amide bonds. The van der Waals surface area contributed by atoms with E-state index in [1.165, 1.54) is 12.1 Å². The van der Waals surface area contributed by atoms with E-state index in [-0.39, 0.29) is 18.4 Å². The Morgan fingerprint density at radius 2 is 1.73 bits per heavy atom. The molecule has 2 N–H and O–H groups in total. The highest BCUT2D eigenvalue weighted by Gasteiger charge is 2.15. The molecule has 1 heterocycles. The molecule has 0 saturated carbocycles. The van der Waals surface area contributed by atoms with Gasteiger partial charge in [-0.05, 0) is 17.7 Å². The fourth-order valence-corrected chi connectivity index (χ4v) is 1.67. The zero-order chi connectivity index (χ0) is 9.97. The van der Waals surface area contributed by atoms with Crippen molar-refractivity contribution in [2.24, 2.45) is 0 Å². The van der Waals surface area contributed by atoms with E-state index in [4.69, 9.17) is 0 Å². The van der Waals surface area contributed by atoms with Crippen molar-refractivity contribution in [3.05, 3.63) is 35.4 Å². The normalized spacial score (nSPS) is 20.8. The Kier molecular flexibility index (Phi) is 4.45. The molecule has 2 nitrogen and oxygen atoms in total. The predicted octanol–water partition coefficient (Wildman–Crippen LogP) is 1.62. The largest absolute Gasteiger partial charge is 0.314 e. The summed E-state index contributed by atoms with van der Waals surface area (Å²) in [5.74, 6) is -1.04. The third-order valence-electron chi connectivity index (χ3n) is 2.33. The lowest BCUT2D eigenvalue weighted by Gasteiger charge is -2.24. The van der Waals surface area contributed by atoms with Crippen molar-refractivity contribution in [2.45, 2.75) is 6.04 Å². The Bertz CT molecular complexity index is 307. The van der Waals surface area contributed by atoms with Crippen molar-refractivity contribution in [1.82, 2.24) is 10.6 Å². The average Bonchev–Trinajstić information content (AvgIpc) is 2.18. The molecule has 5 heteroatoms. The Balaban J connectivity index is 0.00000112. The van der Waals surface area contributed by atoms with Gasteiger partial charge in [0.1, 0.15) is 11.6 Å². The molecule has 1 aliphatic rings. The standard InChI is InChI=1S/C10H12F2N2.ClH/c11-8-3-7(4-9(12)5-8)10-6-13-1-2-14-10;/h3-5,10,13-14H,1-2,6H2;1H/t10-;/m0./s1. The molecule has 0 unspecified atom stereocenters. The molecular formula is C10H13ClF2N2. The maximum atomic E-state index is 12.9. The summed E-state index contributed by atoms with van der Waals surface area (Å²) in [7, 11) is 0. The lowest BCUT2D eigenvalue weighted by Crippen LogP contribution is -2.42. The number of piperazine rings is 1. The number of halogens is 3. The summed E-state index contributed by atoms with van der Waals surface area (Å²) < 4.78 is 25.8. The van der Waals surface area contributed by atoms with Gasteiger partial charge < -0.3 is 10.6 Å². The monoisotopic (exact) mass is 234 g/mol. The van der Waals surface area contributed by atoms with E-state index >= 15 is 0 Å². The Hall–Kier alpha value is -0.710. The molecule has 0 aromatic heterocycles. The van der Waals surface area contributed by atoms with Crippen LogP contribution in [0.15, 0.2) is 18.2 Å². The molecule has 1 saturated heterocycles. The lowest BCUT2D eigenvalue weighted by atomic mass is 10.1. The van der Waals surface area contributed by atoms with Gasteiger partial charge in [0.05, 0.1) is 0 Å². The highest BCUT2D eigenvalue weighted by molar-refractivity contribution is 5.85. The van der Waals surface area contributed by atoms with Gasteiger partial charge in [-0.3, -0.25) is 0 Å². The first-order valence-corrected chi connectivity index (χ1v) is 4.66. The molecule has 1 atom stereocenters. The number of hydrogen-bond acceptors (Lipinski definition) is 2. The predicted molar refractivity (Wildman–Crippen MR) is 57.2 cm³/mol. The van der Waals surface area contributed by atoms with Crippen LogP contribution in [-0.2, 0) is 0 Å². The van der Waals surface area contributed by atoms with Crippen molar-refractivity contribution in [3.63, 3.8) is 0 Å². The van der Waals surface area contributed by atoms with Crippen LogP contribution >= 0.6 is 12.4 Å². The quantitative estimate of drug-likeness (QED) is 0.772. The van der Waals surface area contributed by atoms with E-state index in [2.05, 4.69) is 10.6 Å².